The van der Waals surface area contributed by atoms with E-state index >= 15 is 0 Å². The van der Waals surface area contributed by atoms with E-state index in [1.54, 1.807) is 12.0 Å². The van der Waals surface area contributed by atoms with E-state index in [0.717, 1.165) is 37.1 Å². The van der Waals surface area contributed by atoms with E-state index in [-0.39, 0.29) is 29.4 Å². The summed E-state index contributed by atoms with van der Waals surface area (Å²) < 4.78 is 29.0. The number of hydrogen-bond acceptors (Lipinski definition) is 4. The molecule has 1 atom stereocenters. The SMILES string of the molecule is COc1ccc(N(C(=O)C2CCCCC2)C2CCS(=O)(=O)C2)cc1. The molecular formula is C18H25NO4S. The van der Waals surface area contributed by atoms with E-state index in [9.17, 15) is 13.2 Å². The zero-order chi connectivity index (χ0) is 17.2. The highest BCUT2D eigenvalue weighted by Crippen LogP contribution is 2.32. The summed E-state index contributed by atoms with van der Waals surface area (Å²) in [6.45, 7) is 0. The Morgan fingerprint density at radius 3 is 2.29 bits per heavy atom. The number of hydrogen-bond donors (Lipinski definition) is 0. The Morgan fingerprint density at radius 2 is 1.75 bits per heavy atom. The normalized spacial score (nSPS) is 23.8. The number of carbonyl (C=O) groups excluding carboxylic acids is 1. The maximum absolute atomic E-state index is 13.2. The molecule has 1 aliphatic carbocycles. The van der Waals surface area contributed by atoms with Crippen LogP contribution in [0.2, 0.25) is 0 Å². The van der Waals surface area contributed by atoms with Gasteiger partial charge in [-0.2, -0.15) is 0 Å². The number of methoxy groups -OCH3 is 1. The molecule has 1 aromatic carbocycles. The molecule has 0 radical (unpaired) electrons. The zero-order valence-corrected chi connectivity index (χ0v) is 14.9. The highest BCUT2D eigenvalue weighted by atomic mass is 32.2. The number of carbonyl (C=O) groups is 1. The lowest BCUT2D eigenvalue weighted by Gasteiger charge is -2.33. The smallest absolute Gasteiger partial charge is 0.230 e. The number of anilines is 1. The molecule has 6 heteroatoms. The van der Waals surface area contributed by atoms with Crippen molar-refractivity contribution in [3.05, 3.63) is 24.3 Å². The number of benzene rings is 1. The standard InChI is InChI=1S/C18H25NO4S/c1-23-17-9-7-15(8-10-17)19(16-11-12-24(21,22)13-16)18(20)14-5-3-2-4-6-14/h7-10,14,16H,2-6,11-13H2,1H3. The summed E-state index contributed by atoms with van der Waals surface area (Å²) in [5, 5.41) is 0. The first kappa shape index (κ1) is 17.3. The van der Waals surface area contributed by atoms with Gasteiger partial charge in [0.05, 0.1) is 24.7 Å². The lowest BCUT2D eigenvalue weighted by Crippen LogP contribution is -2.45. The van der Waals surface area contributed by atoms with Gasteiger partial charge in [-0.3, -0.25) is 4.79 Å². The van der Waals surface area contributed by atoms with Gasteiger partial charge in [-0.1, -0.05) is 19.3 Å². The van der Waals surface area contributed by atoms with Crippen LogP contribution < -0.4 is 9.64 Å². The maximum Gasteiger partial charge on any atom is 0.230 e. The molecule has 5 nitrogen and oxygen atoms in total. The second-order valence-corrected chi connectivity index (χ2v) is 9.03. The molecule has 24 heavy (non-hydrogen) atoms. The second kappa shape index (κ2) is 7.13. The van der Waals surface area contributed by atoms with Gasteiger partial charge in [0.2, 0.25) is 5.91 Å². The molecule has 2 aliphatic rings. The fourth-order valence-electron chi connectivity index (χ4n) is 3.79. The topological polar surface area (TPSA) is 63.7 Å². The lowest BCUT2D eigenvalue weighted by atomic mass is 9.87. The van der Waals surface area contributed by atoms with Crippen LogP contribution in [-0.4, -0.2) is 39.0 Å². The van der Waals surface area contributed by atoms with Crippen molar-refractivity contribution in [2.45, 2.75) is 44.6 Å². The average molecular weight is 351 g/mol. The van der Waals surface area contributed by atoms with Crippen molar-refractivity contribution >= 4 is 21.4 Å². The molecule has 1 saturated heterocycles. The van der Waals surface area contributed by atoms with Crippen LogP contribution in [0.15, 0.2) is 24.3 Å². The number of rotatable bonds is 4. The van der Waals surface area contributed by atoms with Crippen LogP contribution in [0.25, 0.3) is 0 Å². The summed E-state index contributed by atoms with van der Waals surface area (Å²) >= 11 is 0. The van der Waals surface area contributed by atoms with Gasteiger partial charge in [0.25, 0.3) is 0 Å². The molecule has 132 valence electrons. The molecule has 1 amide bonds. The third kappa shape index (κ3) is 3.74. The van der Waals surface area contributed by atoms with Gasteiger partial charge < -0.3 is 9.64 Å². The summed E-state index contributed by atoms with van der Waals surface area (Å²) in [6.07, 6.45) is 5.68. The fourth-order valence-corrected chi connectivity index (χ4v) is 5.49. The van der Waals surface area contributed by atoms with Gasteiger partial charge >= 0.3 is 0 Å². The molecule has 1 heterocycles. The largest absolute Gasteiger partial charge is 0.497 e. The van der Waals surface area contributed by atoms with Gasteiger partial charge in [0, 0.05) is 11.6 Å². The Labute approximate surface area is 143 Å². The second-order valence-electron chi connectivity index (χ2n) is 6.80. The van der Waals surface area contributed by atoms with Gasteiger partial charge in [-0.15, -0.1) is 0 Å². The summed E-state index contributed by atoms with van der Waals surface area (Å²) in [7, 11) is -1.44. The van der Waals surface area contributed by atoms with E-state index in [2.05, 4.69) is 0 Å². The average Bonchev–Trinajstić information content (AvgIpc) is 2.96. The summed E-state index contributed by atoms with van der Waals surface area (Å²) in [6, 6.07) is 7.09. The van der Waals surface area contributed by atoms with Gasteiger partial charge in [-0.25, -0.2) is 8.42 Å². The molecule has 1 aromatic rings. The first-order valence-corrected chi connectivity index (χ1v) is 10.5. The minimum Gasteiger partial charge on any atom is -0.497 e. The minimum absolute atomic E-state index is 0.0177. The molecule has 0 N–H and O–H groups in total. The van der Waals surface area contributed by atoms with E-state index < -0.39 is 9.84 Å². The van der Waals surface area contributed by atoms with E-state index in [4.69, 9.17) is 4.74 Å². The molecule has 3 rings (SSSR count). The third-order valence-electron chi connectivity index (χ3n) is 5.12. The Bertz CT molecular complexity index is 677. The van der Waals surface area contributed by atoms with E-state index in [1.165, 1.54) is 6.42 Å². The molecule has 1 saturated carbocycles. The van der Waals surface area contributed by atoms with Crippen LogP contribution in [0.5, 0.6) is 5.75 Å². The summed E-state index contributed by atoms with van der Waals surface area (Å²) in [5.41, 5.74) is 0.772. The van der Waals surface area contributed by atoms with Crippen LogP contribution in [0.1, 0.15) is 38.5 Å². The number of amides is 1. The van der Waals surface area contributed by atoms with Gasteiger partial charge in [0.15, 0.2) is 9.84 Å². The van der Waals surface area contributed by atoms with Gasteiger partial charge in [0.1, 0.15) is 5.75 Å². The summed E-state index contributed by atoms with van der Waals surface area (Å²) in [4.78, 5) is 14.9. The third-order valence-corrected chi connectivity index (χ3v) is 6.87. The van der Waals surface area contributed by atoms with Crippen LogP contribution in [-0.2, 0) is 14.6 Å². The van der Waals surface area contributed by atoms with Crippen LogP contribution in [0, 0.1) is 5.92 Å². The fraction of sp³-hybridized carbons (Fsp3) is 0.611. The van der Waals surface area contributed by atoms with Crippen molar-refractivity contribution in [3.63, 3.8) is 0 Å². The predicted molar refractivity (Wildman–Crippen MR) is 94.1 cm³/mol. The highest BCUT2D eigenvalue weighted by Gasteiger charge is 2.38. The minimum atomic E-state index is -3.04. The first-order chi connectivity index (χ1) is 11.5. The van der Waals surface area contributed by atoms with Crippen LogP contribution in [0.4, 0.5) is 5.69 Å². The summed E-state index contributed by atoms with van der Waals surface area (Å²) in [5.74, 6) is 1.06. The Morgan fingerprint density at radius 1 is 1.08 bits per heavy atom. The molecule has 1 aliphatic heterocycles. The van der Waals surface area contributed by atoms with Crippen LogP contribution in [0.3, 0.4) is 0 Å². The van der Waals surface area contributed by atoms with Crippen molar-refractivity contribution < 1.29 is 17.9 Å². The van der Waals surface area contributed by atoms with Crippen molar-refractivity contribution in [2.75, 3.05) is 23.5 Å². The van der Waals surface area contributed by atoms with Gasteiger partial charge in [-0.05, 0) is 43.5 Å². The first-order valence-electron chi connectivity index (χ1n) is 8.68. The lowest BCUT2D eigenvalue weighted by molar-refractivity contribution is -0.123. The Balaban J connectivity index is 1.89. The maximum atomic E-state index is 13.2. The Kier molecular flexibility index (Phi) is 5.13. The van der Waals surface area contributed by atoms with Crippen LogP contribution >= 0.6 is 0 Å². The van der Waals surface area contributed by atoms with Crippen molar-refractivity contribution in [1.82, 2.24) is 0 Å². The molecule has 0 bridgehead atoms. The van der Waals surface area contributed by atoms with E-state index in [0.29, 0.717) is 6.42 Å². The number of nitrogens with zero attached hydrogens (tertiary/aromatic N) is 1. The quantitative estimate of drug-likeness (QED) is 0.837. The molecule has 0 spiro atoms. The molecular weight excluding hydrogens is 326 g/mol. The monoisotopic (exact) mass is 351 g/mol. The van der Waals surface area contributed by atoms with Crippen molar-refractivity contribution in [3.8, 4) is 5.75 Å². The van der Waals surface area contributed by atoms with E-state index in [1.807, 2.05) is 24.3 Å². The highest BCUT2D eigenvalue weighted by molar-refractivity contribution is 7.91. The molecule has 1 unspecified atom stereocenters. The van der Waals surface area contributed by atoms with Crippen molar-refractivity contribution in [1.29, 1.82) is 0 Å². The number of ether oxygens (including phenoxy) is 1. The predicted octanol–water partition coefficient (Wildman–Crippen LogP) is 2.80. The molecule has 2 fully saturated rings. The zero-order valence-electron chi connectivity index (χ0n) is 14.1. The number of sulfone groups is 1. The Hall–Kier alpha value is -1.56. The molecule has 0 aromatic heterocycles. The van der Waals surface area contributed by atoms with Crippen molar-refractivity contribution in [2.24, 2.45) is 5.92 Å².